The van der Waals surface area contributed by atoms with Gasteiger partial charge in [0.05, 0.1) is 15.7 Å². The Morgan fingerprint density at radius 1 is 1.21 bits per heavy atom. The highest BCUT2D eigenvalue weighted by atomic mass is 35.5. The van der Waals surface area contributed by atoms with Gasteiger partial charge >= 0.3 is 0 Å². The highest BCUT2D eigenvalue weighted by Gasteiger charge is 2.35. The Morgan fingerprint density at radius 2 is 1.85 bits per heavy atom. The summed E-state index contributed by atoms with van der Waals surface area (Å²) in [5.74, 6) is -1.41. The van der Waals surface area contributed by atoms with Gasteiger partial charge in [0.15, 0.2) is 0 Å². The van der Waals surface area contributed by atoms with E-state index in [1.165, 1.54) is 45.6 Å². The number of benzene rings is 2. The SMILES string of the molecule is CCN(CC)S(=O)(=O)c1ccc(N2CC(C(=O)Nc3ccc(Cl)c([N+](=O)[O-])c3)CC2=O)cc1. The summed E-state index contributed by atoms with van der Waals surface area (Å²) in [5.41, 5.74) is 0.349. The number of amides is 2. The summed E-state index contributed by atoms with van der Waals surface area (Å²) in [7, 11) is -3.62. The van der Waals surface area contributed by atoms with Gasteiger partial charge < -0.3 is 10.2 Å². The molecule has 0 radical (unpaired) electrons. The summed E-state index contributed by atoms with van der Waals surface area (Å²) in [6, 6.07) is 9.87. The minimum absolute atomic E-state index is 0.0407. The average Bonchev–Trinajstić information content (AvgIpc) is 3.17. The molecule has 12 heteroatoms. The average molecular weight is 495 g/mol. The van der Waals surface area contributed by atoms with Gasteiger partial charge in [0.25, 0.3) is 5.69 Å². The molecule has 33 heavy (non-hydrogen) atoms. The van der Waals surface area contributed by atoms with E-state index >= 15 is 0 Å². The van der Waals surface area contributed by atoms with Gasteiger partial charge in [-0.3, -0.25) is 19.7 Å². The highest BCUT2D eigenvalue weighted by Crippen LogP contribution is 2.30. The molecule has 1 saturated heterocycles. The summed E-state index contributed by atoms with van der Waals surface area (Å²) in [6.07, 6.45) is -0.0407. The molecule has 1 unspecified atom stereocenters. The lowest BCUT2D eigenvalue weighted by molar-refractivity contribution is -0.384. The Labute approximate surface area is 196 Å². The van der Waals surface area contributed by atoms with Crippen molar-refractivity contribution in [1.82, 2.24) is 4.31 Å². The molecule has 176 valence electrons. The number of nitrogens with zero attached hydrogens (tertiary/aromatic N) is 3. The van der Waals surface area contributed by atoms with E-state index in [1.54, 1.807) is 13.8 Å². The normalized spacial score (nSPS) is 16.3. The zero-order chi connectivity index (χ0) is 24.3. The molecule has 2 aromatic rings. The smallest absolute Gasteiger partial charge is 0.289 e. The maximum absolute atomic E-state index is 12.7. The largest absolute Gasteiger partial charge is 0.326 e. The first-order chi connectivity index (χ1) is 15.6. The molecule has 1 atom stereocenters. The van der Waals surface area contributed by atoms with E-state index in [0.29, 0.717) is 18.8 Å². The Hall–Kier alpha value is -3.02. The first-order valence-corrected chi connectivity index (χ1v) is 12.1. The summed E-state index contributed by atoms with van der Waals surface area (Å²) in [6.45, 7) is 4.30. The van der Waals surface area contributed by atoms with E-state index in [0.717, 1.165) is 6.07 Å². The number of hydrogen-bond donors (Lipinski definition) is 1. The number of carbonyl (C=O) groups excluding carboxylic acids is 2. The Balaban J connectivity index is 1.72. The van der Waals surface area contributed by atoms with Crippen LogP contribution in [0.5, 0.6) is 0 Å². The molecule has 0 bridgehead atoms. The van der Waals surface area contributed by atoms with Crippen LogP contribution < -0.4 is 10.2 Å². The molecule has 0 aliphatic carbocycles. The van der Waals surface area contributed by atoms with Crippen LogP contribution in [0.25, 0.3) is 0 Å². The molecule has 1 heterocycles. The molecule has 2 aromatic carbocycles. The Morgan fingerprint density at radius 3 is 2.42 bits per heavy atom. The fraction of sp³-hybridized carbons (Fsp3) is 0.333. The van der Waals surface area contributed by atoms with Crippen LogP contribution in [0.15, 0.2) is 47.4 Å². The molecular weight excluding hydrogens is 472 g/mol. The van der Waals surface area contributed by atoms with Crippen molar-refractivity contribution in [3.05, 3.63) is 57.6 Å². The van der Waals surface area contributed by atoms with Gasteiger partial charge in [0, 0.05) is 43.5 Å². The minimum Gasteiger partial charge on any atom is -0.326 e. The zero-order valence-corrected chi connectivity index (χ0v) is 19.6. The summed E-state index contributed by atoms with van der Waals surface area (Å²) in [4.78, 5) is 37.1. The van der Waals surface area contributed by atoms with Crippen LogP contribution >= 0.6 is 11.6 Å². The van der Waals surface area contributed by atoms with Crippen LogP contribution in [-0.2, 0) is 19.6 Å². The predicted octanol–water partition coefficient (Wildman–Crippen LogP) is 3.27. The molecule has 0 aromatic heterocycles. The first kappa shape index (κ1) is 24.6. The topological polar surface area (TPSA) is 130 Å². The minimum atomic E-state index is -3.62. The summed E-state index contributed by atoms with van der Waals surface area (Å²) >= 11 is 5.79. The van der Waals surface area contributed by atoms with Gasteiger partial charge in [0.1, 0.15) is 5.02 Å². The van der Waals surface area contributed by atoms with E-state index in [-0.39, 0.29) is 40.2 Å². The lowest BCUT2D eigenvalue weighted by Gasteiger charge is -2.20. The van der Waals surface area contributed by atoms with E-state index < -0.39 is 26.8 Å². The molecule has 1 fully saturated rings. The zero-order valence-electron chi connectivity index (χ0n) is 18.0. The van der Waals surface area contributed by atoms with Crippen molar-refractivity contribution in [3.8, 4) is 0 Å². The van der Waals surface area contributed by atoms with Gasteiger partial charge in [-0.15, -0.1) is 0 Å². The van der Waals surface area contributed by atoms with Crippen molar-refractivity contribution >= 4 is 50.5 Å². The number of nitro benzene ring substituents is 1. The van der Waals surface area contributed by atoms with Crippen LogP contribution in [0.1, 0.15) is 20.3 Å². The van der Waals surface area contributed by atoms with E-state index in [2.05, 4.69) is 5.32 Å². The van der Waals surface area contributed by atoms with Crippen molar-refractivity contribution < 1.29 is 22.9 Å². The van der Waals surface area contributed by atoms with Crippen LogP contribution in [0.3, 0.4) is 0 Å². The van der Waals surface area contributed by atoms with Gasteiger partial charge in [-0.1, -0.05) is 25.4 Å². The van der Waals surface area contributed by atoms with Crippen LogP contribution in [0.4, 0.5) is 17.1 Å². The van der Waals surface area contributed by atoms with Crippen LogP contribution in [0, 0.1) is 16.0 Å². The van der Waals surface area contributed by atoms with Gasteiger partial charge in [-0.2, -0.15) is 4.31 Å². The quantitative estimate of drug-likeness (QED) is 0.442. The van der Waals surface area contributed by atoms with E-state index in [1.807, 2.05) is 0 Å². The molecule has 0 spiro atoms. The van der Waals surface area contributed by atoms with Gasteiger partial charge in [-0.05, 0) is 36.4 Å². The third-order valence-electron chi connectivity index (χ3n) is 5.40. The molecule has 10 nitrogen and oxygen atoms in total. The van der Waals surface area contributed by atoms with Crippen molar-refractivity contribution in [2.45, 2.75) is 25.2 Å². The number of anilines is 2. The third kappa shape index (κ3) is 5.15. The lowest BCUT2D eigenvalue weighted by atomic mass is 10.1. The van der Waals surface area contributed by atoms with E-state index in [9.17, 15) is 28.1 Å². The highest BCUT2D eigenvalue weighted by molar-refractivity contribution is 7.89. The molecule has 1 aliphatic rings. The number of halogens is 1. The Bertz CT molecular complexity index is 1180. The van der Waals surface area contributed by atoms with Crippen molar-refractivity contribution in [1.29, 1.82) is 0 Å². The fourth-order valence-electron chi connectivity index (χ4n) is 3.62. The molecule has 3 rings (SSSR count). The van der Waals surface area contributed by atoms with E-state index in [4.69, 9.17) is 11.6 Å². The van der Waals surface area contributed by atoms with Crippen LogP contribution in [-0.4, -0.2) is 49.1 Å². The summed E-state index contributed by atoms with van der Waals surface area (Å²) in [5, 5.41) is 13.6. The number of nitrogens with one attached hydrogen (secondary N) is 1. The molecule has 1 N–H and O–H groups in total. The molecular formula is C21H23ClN4O6S. The number of nitro groups is 1. The predicted molar refractivity (Wildman–Crippen MR) is 124 cm³/mol. The first-order valence-electron chi connectivity index (χ1n) is 10.2. The van der Waals surface area contributed by atoms with Crippen LogP contribution in [0.2, 0.25) is 5.02 Å². The van der Waals surface area contributed by atoms with Crippen molar-refractivity contribution in [2.75, 3.05) is 29.9 Å². The van der Waals surface area contributed by atoms with Crippen molar-refractivity contribution in [3.63, 3.8) is 0 Å². The lowest BCUT2D eigenvalue weighted by Crippen LogP contribution is -2.31. The number of rotatable bonds is 8. The second-order valence-electron chi connectivity index (χ2n) is 7.40. The van der Waals surface area contributed by atoms with Gasteiger partial charge in [0.2, 0.25) is 21.8 Å². The fourth-order valence-corrected chi connectivity index (χ4v) is 5.26. The maximum atomic E-state index is 12.7. The summed E-state index contributed by atoms with van der Waals surface area (Å²) < 4.78 is 26.6. The third-order valence-corrected chi connectivity index (χ3v) is 7.78. The molecule has 2 amide bonds. The standard InChI is InChI=1S/C21H23ClN4O6S/c1-3-24(4-2)33(31,32)17-8-6-16(7-9-17)25-13-14(11-20(25)27)21(28)23-15-5-10-18(22)19(12-15)26(29)30/h5-10,12,14H,3-4,11,13H2,1-2H3,(H,23,28). The number of carbonyl (C=O) groups is 2. The Kier molecular flexibility index (Phi) is 7.35. The monoisotopic (exact) mass is 494 g/mol. The molecule has 0 saturated carbocycles. The second kappa shape index (κ2) is 9.86. The molecule has 1 aliphatic heterocycles. The number of hydrogen-bond acceptors (Lipinski definition) is 6. The van der Waals surface area contributed by atoms with Gasteiger partial charge in [-0.25, -0.2) is 8.42 Å². The van der Waals surface area contributed by atoms with Crippen molar-refractivity contribution in [2.24, 2.45) is 5.92 Å². The number of sulfonamides is 1. The maximum Gasteiger partial charge on any atom is 0.289 e. The second-order valence-corrected chi connectivity index (χ2v) is 9.75.